The Kier molecular flexibility index (Phi) is 3.53. The average molecular weight is 274 g/mol. The number of nitriles is 1. The van der Waals surface area contributed by atoms with Crippen LogP contribution in [0.5, 0.6) is 0 Å². The van der Waals surface area contributed by atoms with Gasteiger partial charge in [0.25, 0.3) is 6.43 Å². The Morgan fingerprint density at radius 3 is 2.53 bits per heavy atom. The van der Waals surface area contributed by atoms with Crippen molar-refractivity contribution in [2.24, 2.45) is 0 Å². The Bertz CT molecular complexity index is 451. The van der Waals surface area contributed by atoms with E-state index in [1.54, 1.807) is 6.07 Å². The minimum Gasteiger partial charge on any atom is -0.294 e. The number of alkyl halides is 2. The number of carbonyl (C=O) groups is 1. The summed E-state index contributed by atoms with van der Waals surface area (Å²) in [6.45, 7) is 1.28. The van der Waals surface area contributed by atoms with Crippen LogP contribution in [0.25, 0.3) is 0 Å². The molecule has 0 saturated carbocycles. The number of halogens is 3. The molecule has 0 fully saturated rings. The van der Waals surface area contributed by atoms with Crippen molar-refractivity contribution in [1.29, 1.82) is 5.26 Å². The second-order valence-corrected chi connectivity index (χ2v) is 3.74. The predicted molar refractivity (Wildman–Crippen MR) is 53.8 cm³/mol. The lowest BCUT2D eigenvalue weighted by atomic mass is 10.0. The van der Waals surface area contributed by atoms with Crippen molar-refractivity contribution in [3.8, 4) is 6.07 Å². The number of hydrogen-bond acceptors (Lipinski definition) is 2. The molecule has 0 amide bonds. The first-order valence-electron chi connectivity index (χ1n) is 4.00. The Hall–Kier alpha value is -1.28. The molecule has 0 heterocycles. The molecule has 0 aromatic heterocycles. The lowest BCUT2D eigenvalue weighted by molar-refractivity contribution is 0.101. The molecule has 5 heteroatoms. The third kappa shape index (κ3) is 2.39. The summed E-state index contributed by atoms with van der Waals surface area (Å²) in [7, 11) is 0. The highest BCUT2D eigenvalue weighted by Gasteiger charge is 2.17. The van der Waals surface area contributed by atoms with E-state index in [0.29, 0.717) is 4.47 Å². The van der Waals surface area contributed by atoms with Gasteiger partial charge in [-0.3, -0.25) is 4.79 Å². The van der Waals surface area contributed by atoms with Crippen LogP contribution in [-0.2, 0) is 0 Å². The van der Waals surface area contributed by atoms with E-state index in [-0.39, 0.29) is 16.9 Å². The predicted octanol–water partition coefficient (Wildman–Crippen LogP) is 3.46. The quantitative estimate of drug-likeness (QED) is 0.775. The van der Waals surface area contributed by atoms with Gasteiger partial charge in [0, 0.05) is 15.6 Å². The van der Waals surface area contributed by atoms with Crippen LogP contribution in [0.3, 0.4) is 0 Å². The zero-order valence-electron chi connectivity index (χ0n) is 7.72. The van der Waals surface area contributed by atoms with Crippen molar-refractivity contribution >= 4 is 21.7 Å². The molecule has 0 bridgehead atoms. The van der Waals surface area contributed by atoms with Gasteiger partial charge in [0.05, 0.1) is 11.6 Å². The van der Waals surface area contributed by atoms with Crippen molar-refractivity contribution in [3.05, 3.63) is 33.3 Å². The van der Waals surface area contributed by atoms with E-state index in [1.807, 2.05) is 0 Å². The van der Waals surface area contributed by atoms with Gasteiger partial charge in [0.2, 0.25) is 0 Å². The summed E-state index contributed by atoms with van der Waals surface area (Å²) in [5.41, 5.74) is -0.378. The van der Waals surface area contributed by atoms with E-state index in [1.165, 1.54) is 13.0 Å². The zero-order valence-corrected chi connectivity index (χ0v) is 9.31. The molecule has 0 saturated heterocycles. The van der Waals surface area contributed by atoms with E-state index in [2.05, 4.69) is 15.9 Å². The number of benzene rings is 1. The molecule has 0 spiro atoms. The molecule has 0 N–H and O–H groups in total. The van der Waals surface area contributed by atoms with Crippen LogP contribution in [-0.4, -0.2) is 5.78 Å². The van der Waals surface area contributed by atoms with Crippen LogP contribution in [0.1, 0.15) is 34.8 Å². The summed E-state index contributed by atoms with van der Waals surface area (Å²) in [6, 6.07) is 3.95. The van der Waals surface area contributed by atoms with Gasteiger partial charge in [0.1, 0.15) is 0 Å². The third-order valence-corrected chi connectivity index (χ3v) is 2.53. The highest BCUT2D eigenvalue weighted by atomic mass is 79.9. The lowest BCUT2D eigenvalue weighted by Gasteiger charge is -2.06. The third-order valence-electron chi connectivity index (χ3n) is 1.87. The summed E-state index contributed by atoms with van der Waals surface area (Å²) >= 11 is 3.05. The standard InChI is InChI=1S/C10H6BrF2NO/c1-5(15)7-3-8(10(12)13)6(4-14)2-9(7)11/h2-3,10H,1H3. The molecular weight excluding hydrogens is 268 g/mol. The van der Waals surface area contributed by atoms with E-state index >= 15 is 0 Å². The molecule has 1 rings (SSSR count). The molecule has 0 atom stereocenters. The second kappa shape index (κ2) is 4.49. The fourth-order valence-corrected chi connectivity index (χ4v) is 1.76. The van der Waals surface area contributed by atoms with Crippen LogP contribution >= 0.6 is 15.9 Å². The van der Waals surface area contributed by atoms with Gasteiger partial charge in [-0.05, 0) is 19.1 Å². The van der Waals surface area contributed by atoms with Crippen LogP contribution in [0.2, 0.25) is 0 Å². The molecule has 0 aliphatic heterocycles. The smallest absolute Gasteiger partial charge is 0.265 e. The highest BCUT2D eigenvalue weighted by Crippen LogP contribution is 2.28. The molecule has 2 nitrogen and oxygen atoms in total. The lowest BCUT2D eigenvalue weighted by Crippen LogP contribution is -1.99. The van der Waals surface area contributed by atoms with Crippen LogP contribution < -0.4 is 0 Å². The summed E-state index contributed by atoms with van der Waals surface area (Å²) in [4.78, 5) is 11.1. The Morgan fingerprint density at radius 1 is 1.53 bits per heavy atom. The average Bonchev–Trinajstić information content (AvgIpc) is 2.16. The van der Waals surface area contributed by atoms with Crippen molar-refractivity contribution in [3.63, 3.8) is 0 Å². The van der Waals surface area contributed by atoms with E-state index < -0.39 is 12.0 Å². The molecule has 0 unspecified atom stereocenters. The van der Waals surface area contributed by atoms with Crippen molar-refractivity contribution in [2.45, 2.75) is 13.3 Å². The number of hydrogen-bond donors (Lipinski definition) is 0. The monoisotopic (exact) mass is 273 g/mol. The van der Waals surface area contributed by atoms with Gasteiger partial charge >= 0.3 is 0 Å². The van der Waals surface area contributed by atoms with E-state index in [9.17, 15) is 13.6 Å². The summed E-state index contributed by atoms with van der Waals surface area (Å²) in [5.74, 6) is -0.326. The minimum atomic E-state index is -2.76. The van der Waals surface area contributed by atoms with Crippen LogP contribution in [0.15, 0.2) is 16.6 Å². The summed E-state index contributed by atoms with van der Waals surface area (Å²) in [5, 5.41) is 8.63. The van der Waals surface area contributed by atoms with Gasteiger partial charge in [0.15, 0.2) is 5.78 Å². The number of nitrogens with zero attached hydrogens (tertiary/aromatic N) is 1. The van der Waals surface area contributed by atoms with Gasteiger partial charge in [-0.15, -0.1) is 0 Å². The molecule has 15 heavy (non-hydrogen) atoms. The maximum Gasteiger partial charge on any atom is 0.265 e. The van der Waals surface area contributed by atoms with Crippen molar-refractivity contribution in [2.75, 3.05) is 0 Å². The molecule has 0 aliphatic rings. The molecular formula is C10H6BrF2NO. The first kappa shape index (κ1) is 11.8. The van der Waals surface area contributed by atoms with Gasteiger partial charge < -0.3 is 0 Å². The van der Waals surface area contributed by atoms with Crippen molar-refractivity contribution < 1.29 is 13.6 Å². The second-order valence-electron chi connectivity index (χ2n) is 2.89. The van der Waals surface area contributed by atoms with Gasteiger partial charge in [-0.2, -0.15) is 5.26 Å². The number of carbonyl (C=O) groups excluding carboxylic acids is 1. The SMILES string of the molecule is CC(=O)c1cc(C(F)F)c(C#N)cc1Br. The fraction of sp³-hybridized carbons (Fsp3) is 0.200. The maximum atomic E-state index is 12.5. The van der Waals surface area contributed by atoms with Crippen molar-refractivity contribution in [1.82, 2.24) is 0 Å². The summed E-state index contributed by atoms with van der Waals surface area (Å²) < 4.78 is 25.4. The highest BCUT2D eigenvalue weighted by molar-refractivity contribution is 9.10. The molecule has 0 radical (unpaired) electrons. The normalized spacial score (nSPS) is 10.1. The van der Waals surface area contributed by atoms with Crippen LogP contribution in [0, 0.1) is 11.3 Å². The van der Waals surface area contributed by atoms with Gasteiger partial charge in [-0.25, -0.2) is 8.78 Å². The molecule has 78 valence electrons. The molecule has 1 aromatic carbocycles. The molecule has 1 aromatic rings. The maximum absolute atomic E-state index is 12.5. The van der Waals surface area contributed by atoms with E-state index in [0.717, 1.165) is 6.07 Å². The van der Waals surface area contributed by atoms with E-state index in [4.69, 9.17) is 5.26 Å². The Labute approximate surface area is 93.6 Å². The largest absolute Gasteiger partial charge is 0.294 e. The Morgan fingerprint density at radius 2 is 2.13 bits per heavy atom. The first-order valence-corrected chi connectivity index (χ1v) is 4.79. The summed E-state index contributed by atoms with van der Waals surface area (Å²) in [6.07, 6.45) is -2.76. The number of ketones is 1. The topological polar surface area (TPSA) is 40.9 Å². The minimum absolute atomic E-state index is 0.123. The fourth-order valence-electron chi connectivity index (χ4n) is 1.14. The Balaban J connectivity index is 3.45. The molecule has 0 aliphatic carbocycles. The first-order chi connectivity index (χ1) is 6.97. The van der Waals surface area contributed by atoms with Crippen LogP contribution in [0.4, 0.5) is 8.78 Å². The zero-order chi connectivity index (χ0) is 11.6. The number of Topliss-reactive ketones (excluding diaryl/α,β-unsaturated/α-hetero) is 1. The van der Waals surface area contributed by atoms with Gasteiger partial charge in [-0.1, -0.05) is 15.9 Å². The number of rotatable bonds is 2.